The van der Waals surface area contributed by atoms with Gasteiger partial charge in [0.2, 0.25) is 23.6 Å². The van der Waals surface area contributed by atoms with Crippen molar-refractivity contribution in [1.82, 2.24) is 25.9 Å². The van der Waals surface area contributed by atoms with Crippen LogP contribution in [0.25, 0.3) is 0 Å². The van der Waals surface area contributed by atoms with Gasteiger partial charge in [-0.2, -0.15) is 0 Å². The van der Waals surface area contributed by atoms with E-state index in [-0.39, 0.29) is 6.42 Å². The van der Waals surface area contributed by atoms with E-state index in [2.05, 4.69) is 20.6 Å². The Kier molecular flexibility index (Phi) is 12.5. The highest BCUT2D eigenvalue weighted by atomic mass is 16.4. The van der Waals surface area contributed by atoms with E-state index in [1.165, 1.54) is 12.5 Å². The van der Waals surface area contributed by atoms with Crippen LogP contribution in [-0.4, -0.2) is 86.5 Å². The van der Waals surface area contributed by atoms with Gasteiger partial charge in [0.15, 0.2) is 0 Å². The number of carbonyl (C=O) groups excluding carboxylic acids is 4. The Morgan fingerprint density at radius 2 is 1.53 bits per heavy atom. The van der Waals surface area contributed by atoms with E-state index in [1.807, 2.05) is 5.32 Å². The van der Waals surface area contributed by atoms with Gasteiger partial charge in [-0.25, -0.2) is 9.78 Å². The third-order valence-corrected chi connectivity index (χ3v) is 4.95. The normalized spacial score (nSPS) is 14.1. The van der Waals surface area contributed by atoms with E-state index in [0.717, 1.165) is 0 Å². The molecule has 0 bridgehead atoms. The van der Waals surface area contributed by atoms with Crippen molar-refractivity contribution in [3.63, 3.8) is 0 Å². The zero-order valence-electron chi connectivity index (χ0n) is 19.4. The van der Waals surface area contributed by atoms with Crippen molar-refractivity contribution < 1.29 is 39.0 Å². The Balaban J connectivity index is 3.03. The minimum Gasteiger partial charge on any atom is -0.481 e. The number of aromatic amines is 1. The second kappa shape index (κ2) is 15.0. The van der Waals surface area contributed by atoms with Crippen LogP contribution in [-0.2, 0) is 35.2 Å². The van der Waals surface area contributed by atoms with Crippen LogP contribution in [0.4, 0.5) is 0 Å². The molecule has 1 aromatic rings. The minimum atomic E-state index is -1.74. The van der Waals surface area contributed by atoms with Gasteiger partial charge in [-0.3, -0.25) is 24.0 Å². The number of nitrogens with one attached hydrogen (secondary N) is 4. The molecule has 12 N–H and O–H groups in total. The quantitative estimate of drug-likeness (QED) is 0.0915. The Labute approximate surface area is 205 Å². The number of nitrogens with two attached hydrogens (primary N) is 3. The van der Waals surface area contributed by atoms with E-state index in [4.69, 9.17) is 17.2 Å². The van der Waals surface area contributed by atoms with Crippen LogP contribution in [0, 0.1) is 0 Å². The summed E-state index contributed by atoms with van der Waals surface area (Å²) < 4.78 is 0. The lowest BCUT2D eigenvalue weighted by Crippen LogP contribution is -2.58. The number of aromatic nitrogens is 2. The number of carboxylic acid groups (broad SMARTS) is 2. The van der Waals surface area contributed by atoms with Crippen molar-refractivity contribution in [3.05, 3.63) is 18.2 Å². The fourth-order valence-electron chi connectivity index (χ4n) is 3.07. The highest BCUT2D eigenvalue weighted by Crippen LogP contribution is 2.05. The lowest BCUT2D eigenvalue weighted by atomic mass is 10.1. The molecule has 0 saturated carbocycles. The number of hydrogen-bond donors (Lipinski definition) is 9. The summed E-state index contributed by atoms with van der Waals surface area (Å²) in [6.07, 6.45) is 2.51. The van der Waals surface area contributed by atoms with Gasteiger partial charge < -0.3 is 48.3 Å². The fraction of sp³-hybridized carbons (Fsp3) is 0.550. The molecule has 0 radical (unpaired) electrons. The van der Waals surface area contributed by atoms with Crippen molar-refractivity contribution in [1.29, 1.82) is 0 Å². The topological polar surface area (TPSA) is 286 Å². The van der Waals surface area contributed by atoms with Crippen LogP contribution in [0.15, 0.2) is 12.5 Å². The maximum atomic E-state index is 13.0. The number of rotatable bonds is 17. The van der Waals surface area contributed by atoms with E-state index >= 15 is 0 Å². The van der Waals surface area contributed by atoms with E-state index in [1.54, 1.807) is 0 Å². The van der Waals surface area contributed by atoms with Crippen LogP contribution >= 0.6 is 0 Å². The van der Waals surface area contributed by atoms with Gasteiger partial charge in [0, 0.05) is 18.3 Å². The smallest absolute Gasteiger partial charge is 0.326 e. The molecule has 0 aliphatic heterocycles. The van der Waals surface area contributed by atoms with Crippen molar-refractivity contribution in [2.24, 2.45) is 17.2 Å². The first kappa shape index (κ1) is 30.0. The van der Waals surface area contributed by atoms with Crippen LogP contribution in [0.3, 0.4) is 0 Å². The molecule has 0 spiro atoms. The van der Waals surface area contributed by atoms with Gasteiger partial charge in [0.05, 0.1) is 25.2 Å². The molecular weight excluding hydrogens is 480 g/mol. The molecule has 4 unspecified atom stereocenters. The molecule has 0 aliphatic carbocycles. The molecule has 0 aliphatic rings. The molecule has 16 heteroatoms. The van der Waals surface area contributed by atoms with Gasteiger partial charge in [0.25, 0.3) is 0 Å². The van der Waals surface area contributed by atoms with E-state index in [9.17, 15) is 39.0 Å². The fourth-order valence-corrected chi connectivity index (χ4v) is 3.07. The molecule has 1 heterocycles. The summed E-state index contributed by atoms with van der Waals surface area (Å²) in [4.78, 5) is 78.4. The third-order valence-electron chi connectivity index (χ3n) is 4.95. The summed E-state index contributed by atoms with van der Waals surface area (Å²) in [5, 5.41) is 25.0. The van der Waals surface area contributed by atoms with Crippen molar-refractivity contribution in [3.8, 4) is 0 Å². The molecule has 0 aromatic carbocycles. The van der Waals surface area contributed by atoms with Crippen LogP contribution in [0.1, 0.15) is 37.8 Å². The molecule has 0 saturated heterocycles. The summed E-state index contributed by atoms with van der Waals surface area (Å²) in [7, 11) is 0. The lowest BCUT2D eigenvalue weighted by Gasteiger charge is -2.24. The van der Waals surface area contributed by atoms with Gasteiger partial charge in [-0.1, -0.05) is 6.42 Å². The van der Waals surface area contributed by atoms with Crippen molar-refractivity contribution >= 4 is 35.6 Å². The summed E-state index contributed by atoms with van der Waals surface area (Å²) in [5.41, 5.74) is 16.7. The molecule has 4 atom stereocenters. The number of H-pyrrole nitrogens is 1. The largest absolute Gasteiger partial charge is 0.481 e. The zero-order valence-corrected chi connectivity index (χ0v) is 19.4. The van der Waals surface area contributed by atoms with Crippen LogP contribution in [0.5, 0.6) is 0 Å². The number of primary amides is 1. The molecule has 200 valence electrons. The molecule has 36 heavy (non-hydrogen) atoms. The molecule has 16 nitrogen and oxygen atoms in total. The lowest BCUT2D eigenvalue weighted by molar-refractivity contribution is -0.144. The Morgan fingerprint density at radius 1 is 0.917 bits per heavy atom. The van der Waals surface area contributed by atoms with Gasteiger partial charge >= 0.3 is 11.9 Å². The molecule has 1 rings (SSSR count). The number of carbonyl (C=O) groups is 6. The number of imidazole rings is 1. The average molecular weight is 513 g/mol. The first-order chi connectivity index (χ1) is 16.9. The minimum absolute atomic E-state index is 0.103. The van der Waals surface area contributed by atoms with Crippen LogP contribution in [0.2, 0.25) is 0 Å². The SMILES string of the molecule is NCCCCC(N)C(=O)NC(Cc1cnc[nH]1)C(=O)NC(CC(=O)O)C(=O)NC(CC(N)=O)C(=O)O. The summed E-state index contributed by atoms with van der Waals surface area (Å²) in [5.74, 6) is -6.85. The van der Waals surface area contributed by atoms with Gasteiger partial charge in [-0.05, 0) is 19.4 Å². The summed E-state index contributed by atoms with van der Waals surface area (Å²) in [6, 6.07) is -5.71. The standard InChI is InChI=1S/C20H32N8O8/c21-4-2-1-3-11(22)17(32)26-12(5-10-8-24-9-25-10)18(33)27-13(7-16(30)31)19(34)28-14(20(35)36)6-15(23)29/h8-9,11-14H,1-7,21-22H2,(H2,23,29)(H,24,25)(H,26,32)(H,27,33)(H,28,34)(H,30,31)(H,35,36). The molecule has 0 fully saturated rings. The predicted octanol–water partition coefficient (Wildman–Crippen LogP) is -3.70. The van der Waals surface area contributed by atoms with Crippen molar-refractivity contribution in [2.45, 2.75) is 62.7 Å². The molecule has 4 amide bonds. The Bertz CT molecular complexity index is 923. The molecular formula is C20H32N8O8. The highest BCUT2D eigenvalue weighted by Gasteiger charge is 2.32. The number of unbranched alkanes of at least 4 members (excludes halogenated alkanes) is 1. The first-order valence-corrected chi connectivity index (χ1v) is 11.0. The number of nitrogens with zero attached hydrogens (tertiary/aromatic N) is 1. The van der Waals surface area contributed by atoms with Crippen molar-refractivity contribution in [2.75, 3.05) is 6.54 Å². The third kappa shape index (κ3) is 10.9. The number of amides is 4. The second-order valence-corrected chi connectivity index (χ2v) is 7.96. The van der Waals surface area contributed by atoms with Crippen LogP contribution < -0.4 is 33.2 Å². The summed E-state index contributed by atoms with van der Waals surface area (Å²) in [6.45, 7) is 0.425. The summed E-state index contributed by atoms with van der Waals surface area (Å²) >= 11 is 0. The monoisotopic (exact) mass is 512 g/mol. The molecule has 1 aromatic heterocycles. The number of hydrogen-bond acceptors (Lipinski definition) is 9. The number of aliphatic carboxylic acids is 2. The zero-order chi connectivity index (χ0) is 27.3. The second-order valence-electron chi connectivity index (χ2n) is 7.96. The average Bonchev–Trinajstić information content (AvgIpc) is 3.30. The maximum absolute atomic E-state index is 13.0. The number of carboxylic acids is 2. The maximum Gasteiger partial charge on any atom is 0.326 e. The Morgan fingerprint density at radius 3 is 2.06 bits per heavy atom. The highest BCUT2D eigenvalue weighted by molar-refractivity contribution is 5.96. The van der Waals surface area contributed by atoms with E-state index in [0.29, 0.717) is 31.5 Å². The van der Waals surface area contributed by atoms with E-state index < -0.39 is 72.6 Å². The van der Waals surface area contributed by atoms with Gasteiger partial charge in [0.1, 0.15) is 18.1 Å². The predicted molar refractivity (Wildman–Crippen MR) is 123 cm³/mol. The van der Waals surface area contributed by atoms with Gasteiger partial charge in [-0.15, -0.1) is 0 Å². The first-order valence-electron chi connectivity index (χ1n) is 11.0. The Hall–Kier alpha value is -4.05.